The number of anilines is 3. The fourth-order valence-electron chi connectivity index (χ4n) is 3.81. The molecule has 4 rings (SSSR count). The summed E-state index contributed by atoms with van der Waals surface area (Å²) in [6, 6.07) is 15.8. The fourth-order valence-corrected chi connectivity index (χ4v) is 4.67. The average molecular weight is 465 g/mol. The Morgan fingerprint density at radius 1 is 1.21 bits per heavy atom. The maximum atomic E-state index is 13.1. The molecule has 170 valence electrons. The summed E-state index contributed by atoms with van der Waals surface area (Å²) in [7, 11) is 0. The molecule has 1 aliphatic rings. The van der Waals surface area contributed by atoms with Crippen molar-refractivity contribution in [2.24, 2.45) is 5.92 Å². The molecule has 0 bridgehead atoms. The van der Waals surface area contributed by atoms with Crippen LogP contribution >= 0.6 is 11.3 Å². The summed E-state index contributed by atoms with van der Waals surface area (Å²) in [4.78, 5) is 32.7. The number of hydrogen-bond acceptors (Lipinski definition) is 5. The number of carbonyl (C=O) groups excluding carboxylic acids is 2. The minimum atomic E-state index is -0.241. The third kappa shape index (κ3) is 5.84. The largest absolute Gasteiger partial charge is 0.371 e. The molecule has 3 aromatic rings. The summed E-state index contributed by atoms with van der Waals surface area (Å²) in [6.45, 7) is 3.79. The van der Waals surface area contributed by atoms with Crippen LogP contribution in [0.25, 0.3) is 6.08 Å². The summed E-state index contributed by atoms with van der Waals surface area (Å²) in [5.74, 6) is -0.213. The summed E-state index contributed by atoms with van der Waals surface area (Å²) in [5, 5.41) is 5.32. The predicted octanol–water partition coefficient (Wildman–Crippen LogP) is 4.62. The van der Waals surface area contributed by atoms with Crippen LogP contribution in [0, 0.1) is 11.7 Å². The van der Waals surface area contributed by atoms with Crippen molar-refractivity contribution < 1.29 is 14.0 Å². The van der Waals surface area contributed by atoms with Gasteiger partial charge in [-0.2, -0.15) is 0 Å². The third-order valence-electron chi connectivity index (χ3n) is 5.48. The molecule has 1 aliphatic heterocycles. The third-order valence-corrected chi connectivity index (χ3v) is 6.32. The number of benzene rings is 2. The number of carbonyl (C=O) groups is 2. The number of para-hydroxylation sites is 1. The number of amides is 2. The number of rotatable bonds is 7. The lowest BCUT2D eigenvalue weighted by molar-refractivity contribution is -0.117. The fraction of sp³-hybridized carbons (Fsp3) is 0.240. The second-order valence-electron chi connectivity index (χ2n) is 7.90. The first-order chi connectivity index (χ1) is 16.0. The second-order valence-corrected chi connectivity index (χ2v) is 8.74. The highest BCUT2D eigenvalue weighted by Crippen LogP contribution is 2.29. The topological polar surface area (TPSA) is 65.5 Å². The van der Waals surface area contributed by atoms with E-state index in [1.165, 1.54) is 36.5 Å². The highest BCUT2D eigenvalue weighted by atomic mass is 32.1. The Labute approximate surface area is 196 Å². The van der Waals surface area contributed by atoms with Gasteiger partial charge in [-0.3, -0.25) is 14.5 Å². The van der Waals surface area contributed by atoms with Crippen molar-refractivity contribution >= 4 is 45.7 Å². The van der Waals surface area contributed by atoms with E-state index in [4.69, 9.17) is 0 Å². The van der Waals surface area contributed by atoms with Crippen molar-refractivity contribution in [3.05, 3.63) is 77.6 Å². The van der Waals surface area contributed by atoms with Crippen LogP contribution in [-0.4, -0.2) is 36.4 Å². The van der Waals surface area contributed by atoms with Crippen molar-refractivity contribution in [1.82, 2.24) is 10.3 Å². The van der Waals surface area contributed by atoms with E-state index in [9.17, 15) is 14.0 Å². The number of thiazole rings is 1. The van der Waals surface area contributed by atoms with Crippen LogP contribution < -0.4 is 15.1 Å². The van der Waals surface area contributed by atoms with Crippen LogP contribution in [0.3, 0.4) is 0 Å². The van der Waals surface area contributed by atoms with Gasteiger partial charge in [0, 0.05) is 43.7 Å². The Balaban J connectivity index is 1.29. The standard InChI is InChI=1S/C25H25FN4O2S/c1-18(31)30(23-5-3-2-4-6-23)25-28-21(17-33-25)9-12-24(32)27-15-19-13-14-29(16-19)22-10-7-20(26)8-11-22/h2-12,17,19H,13-16H2,1H3,(H,27,32)/b12-9+. The van der Waals surface area contributed by atoms with Gasteiger partial charge in [0.2, 0.25) is 11.8 Å². The van der Waals surface area contributed by atoms with E-state index in [-0.39, 0.29) is 17.6 Å². The lowest BCUT2D eigenvalue weighted by atomic mass is 10.1. The van der Waals surface area contributed by atoms with E-state index >= 15 is 0 Å². The van der Waals surface area contributed by atoms with Crippen LogP contribution in [0.4, 0.5) is 20.9 Å². The molecule has 2 amide bonds. The number of nitrogens with one attached hydrogen (secondary N) is 1. The van der Waals surface area contributed by atoms with Gasteiger partial charge in [0.25, 0.3) is 0 Å². The molecule has 6 nitrogen and oxygen atoms in total. The molecule has 33 heavy (non-hydrogen) atoms. The minimum Gasteiger partial charge on any atom is -0.371 e. The van der Waals surface area contributed by atoms with Gasteiger partial charge in [-0.25, -0.2) is 9.37 Å². The van der Waals surface area contributed by atoms with Crippen LogP contribution in [-0.2, 0) is 9.59 Å². The van der Waals surface area contributed by atoms with Crippen molar-refractivity contribution in [2.45, 2.75) is 13.3 Å². The molecule has 1 aromatic heterocycles. The summed E-state index contributed by atoms with van der Waals surface area (Å²) < 4.78 is 13.1. The van der Waals surface area contributed by atoms with Gasteiger partial charge < -0.3 is 10.2 Å². The van der Waals surface area contributed by atoms with Gasteiger partial charge in [0.05, 0.1) is 11.4 Å². The number of halogens is 1. The number of aromatic nitrogens is 1. The molecule has 2 heterocycles. The first-order valence-corrected chi connectivity index (χ1v) is 11.7. The van der Waals surface area contributed by atoms with Gasteiger partial charge >= 0.3 is 0 Å². The normalized spacial score (nSPS) is 15.7. The summed E-state index contributed by atoms with van der Waals surface area (Å²) >= 11 is 1.35. The second kappa shape index (κ2) is 10.4. The zero-order valence-corrected chi connectivity index (χ0v) is 19.1. The van der Waals surface area contributed by atoms with Gasteiger partial charge in [0.15, 0.2) is 5.13 Å². The van der Waals surface area contributed by atoms with E-state index in [2.05, 4.69) is 15.2 Å². The summed E-state index contributed by atoms with van der Waals surface area (Å²) in [6.07, 6.45) is 4.08. The first kappa shape index (κ1) is 22.7. The molecule has 0 spiro atoms. The number of hydrogen-bond donors (Lipinski definition) is 1. The van der Waals surface area contributed by atoms with E-state index in [0.717, 1.165) is 30.9 Å². The Morgan fingerprint density at radius 3 is 2.70 bits per heavy atom. The Morgan fingerprint density at radius 2 is 1.97 bits per heavy atom. The van der Waals surface area contributed by atoms with E-state index < -0.39 is 0 Å². The van der Waals surface area contributed by atoms with Gasteiger partial charge in [0.1, 0.15) is 5.82 Å². The Bertz CT molecular complexity index is 1130. The zero-order chi connectivity index (χ0) is 23.2. The molecule has 1 saturated heterocycles. The van der Waals surface area contributed by atoms with Crippen molar-refractivity contribution in [3.63, 3.8) is 0 Å². The minimum absolute atomic E-state index is 0.130. The summed E-state index contributed by atoms with van der Waals surface area (Å²) in [5.41, 5.74) is 2.37. The van der Waals surface area contributed by atoms with Crippen molar-refractivity contribution in [2.75, 3.05) is 29.4 Å². The average Bonchev–Trinajstić information content (AvgIpc) is 3.47. The molecule has 1 unspecified atom stereocenters. The van der Waals surface area contributed by atoms with Crippen molar-refractivity contribution in [1.29, 1.82) is 0 Å². The highest BCUT2D eigenvalue weighted by Gasteiger charge is 2.23. The van der Waals surface area contributed by atoms with E-state index in [0.29, 0.717) is 23.3 Å². The zero-order valence-electron chi connectivity index (χ0n) is 18.3. The molecular weight excluding hydrogens is 439 g/mol. The monoisotopic (exact) mass is 464 g/mol. The van der Waals surface area contributed by atoms with E-state index in [1.807, 2.05) is 35.7 Å². The molecule has 8 heteroatoms. The molecule has 0 aliphatic carbocycles. The molecule has 0 saturated carbocycles. The quantitative estimate of drug-likeness (QED) is 0.518. The predicted molar refractivity (Wildman–Crippen MR) is 130 cm³/mol. The number of nitrogens with zero attached hydrogens (tertiary/aromatic N) is 3. The Hall–Kier alpha value is -3.52. The highest BCUT2D eigenvalue weighted by molar-refractivity contribution is 7.14. The lowest BCUT2D eigenvalue weighted by Gasteiger charge is -2.18. The first-order valence-electron chi connectivity index (χ1n) is 10.8. The van der Waals surface area contributed by atoms with Crippen LogP contribution in [0.5, 0.6) is 0 Å². The molecule has 1 N–H and O–H groups in total. The van der Waals surface area contributed by atoms with Crippen molar-refractivity contribution in [3.8, 4) is 0 Å². The van der Waals surface area contributed by atoms with Gasteiger partial charge in [-0.15, -0.1) is 11.3 Å². The lowest BCUT2D eigenvalue weighted by Crippen LogP contribution is -2.29. The SMILES string of the molecule is CC(=O)N(c1ccccc1)c1nc(/C=C/C(=O)NCC2CCN(c3ccc(F)cc3)C2)cs1. The van der Waals surface area contributed by atoms with Crippen LogP contribution in [0.2, 0.25) is 0 Å². The van der Waals surface area contributed by atoms with E-state index in [1.54, 1.807) is 23.1 Å². The Kier molecular flexibility index (Phi) is 7.14. The van der Waals surface area contributed by atoms with Gasteiger partial charge in [-0.1, -0.05) is 18.2 Å². The maximum absolute atomic E-state index is 13.1. The molecule has 2 aromatic carbocycles. The maximum Gasteiger partial charge on any atom is 0.244 e. The smallest absolute Gasteiger partial charge is 0.244 e. The molecule has 1 atom stereocenters. The molecular formula is C25H25FN4O2S. The van der Waals surface area contributed by atoms with Crippen LogP contribution in [0.15, 0.2) is 66.1 Å². The van der Waals surface area contributed by atoms with Gasteiger partial charge in [-0.05, 0) is 54.8 Å². The van der Waals surface area contributed by atoms with Crippen LogP contribution in [0.1, 0.15) is 19.0 Å². The molecule has 0 radical (unpaired) electrons. The molecule has 1 fully saturated rings.